The Balaban J connectivity index is 2.98. The third kappa shape index (κ3) is 3.60. The maximum atomic E-state index is 9.73. The number of hydrogen-bond acceptors (Lipinski definition) is 2. The Hall–Kier alpha value is -1.28. The van der Waals surface area contributed by atoms with Gasteiger partial charge in [-0.25, -0.2) is 0 Å². The van der Waals surface area contributed by atoms with Gasteiger partial charge in [0.05, 0.1) is 0 Å². The number of aryl methyl sites for hydroxylation is 2. The van der Waals surface area contributed by atoms with Gasteiger partial charge >= 0.3 is 0 Å². The SMILES string of the molecule is CCNC(C)/C(C)=C/c1cc(C)c(O)c(C)c1. The van der Waals surface area contributed by atoms with E-state index in [2.05, 4.69) is 32.2 Å². The summed E-state index contributed by atoms with van der Waals surface area (Å²) in [7, 11) is 0. The number of rotatable bonds is 4. The van der Waals surface area contributed by atoms with Crippen LogP contribution >= 0.6 is 0 Å². The van der Waals surface area contributed by atoms with E-state index in [1.165, 1.54) is 5.57 Å². The van der Waals surface area contributed by atoms with Crippen molar-refractivity contribution in [1.82, 2.24) is 5.32 Å². The van der Waals surface area contributed by atoms with Crippen molar-refractivity contribution in [3.63, 3.8) is 0 Å². The number of aromatic hydroxyl groups is 1. The first-order valence-electron chi connectivity index (χ1n) is 6.17. The van der Waals surface area contributed by atoms with Crippen molar-refractivity contribution < 1.29 is 5.11 Å². The number of phenolic OH excluding ortho intramolecular Hbond substituents is 1. The summed E-state index contributed by atoms with van der Waals surface area (Å²) < 4.78 is 0. The minimum absolute atomic E-state index is 0.384. The molecular weight excluding hydrogens is 210 g/mol. The van der Waals surface area contributed by atoms with Crippen LogP contribution in [0.2, 0.25) is 0 Å². The molecule has 2 heteroatoms. The first-order valence-corrected chi connectivity index (χ1v) is 6.17. The van der Waals surface area contributed by atoms with Crippen molar-refractivity contribution in [3.05, 3.63) is 34.4 Å². The molecular formula is C15H23NO. The lowest BCUT2D eigenvalue weighted by Gasteiger charge is -2.13. The Kier molecular flexibility index (Phi) is 4.76. The second-order valence-corrected chi connectivity index (χ2v) is 4.67. The van der Waals surface area contributed by atoms with Crippen LogP contribution in [-0.4, -0.2) is 17.7 Å². The highest BCUT2D eigenvalue weighted by Crippen LogP contribution is 2.24. The minimum atomic E-state index is 0.384. The predicted molar refractivity (Wildman–Crippen MR) is 74.4 cm³/mol. The van der Waals surface area contributed by atoms with Crippen LogP contribution in [0.4, 0.5) is 0 Å². The Morgan fingerprint density at radius 1 is 1.35 bits per heavy atom. The molecule has 0 heterocycles. The number of phenols is 1. The summed E-state index contributed by atoms with van der Waals surface area (Å²) in [5.74, 6) is 0.402. The zero-order valence-corrected chi connectivity index (χ0v) is 11.5. The minimum Gasteiger partial charge on any atom is -0.507 e. The molecule has 17 heavy (non-hydrogen) atoms. The number of benzene rings is 1. The molecule has 0 bridgehead atoms. The highest BCUT2D eigenvalue weighted by Gasteiger charge is 2.05. The van der Waals surface area contributed by atoms with Gasteiger partial charge < -0.3 is 10.4 Å². The molecule has 0 saturated carbocycles. The van der Waals surface area contributed by atoms with Crippen LogP contribution in [0.25, 0.3) is 6.08 Å². The van der Waals surface area contributed by atoms with Gasteiger partial charge in [-0.05, 0) is 63.1 Å². The summed E-state index contributed by atoms with van der Waals surface area (Å²) in [5.41, 5.74) is 4.32. The van der Waals surface area contributed by atoms with Gasteiger partial charge in [0.15, 0.2) is 0 Å². The van der Waals surface area contributed by atoms with Gasteiger partial charge in [-0.15, -0.1) is 0 Å². The van der Waals surface area contributed by atoms with E-state index < -0.39 is 0 Å². The normalized spacial score (nSPS) is 13.8. The fourth-order valence-electron chi connectivity index (χ4n) is 1.93. The van der Waals surface area contributed by atoms with E-state index in [1.54, 1.807) is 0 Å². The third-order valence-corrected chi connectivity index (χ3v) is 3.10. The molecule has 0 aliphatic rings. The second kappa shape index (κ2) is 5.87. The average Bonchev–Trinajstić information content (AvgIpc) is 2.26. The molecule has 0 saturated heterocycles. The van der Waals surface area contributed by atoms with Crippen LogP contribution in [0.15, 0.2) is 17.7 Å². The molecule has 2 N–H and O–H groups in total. The first-order chi connectivity index (χ1) is 7.95. The van der Waals surface area contributed by atoms with Crippen LogP contribution < -0.4 is 5.32 Å². The molecule has 0 radical (unpaired) electrons. The van der Waals surface area contributed by atoms with E-state index in [0.717, 1.165) is 23.2 Å². The Labute approximate surface area is 104 Å². The summed E-state index contributed by atoms with van der Waals surface area (Å²) in [6.45, 7) is 11.2. The highest BCUT2D eigenvalue weighted by molar-refractivity contribution is 5.58. The third-order valence-electron chi connectivity index (χ3n) is 3.10. The summed E-state index contributed by atoms with van der Waals surface area (Å²) in [6, 6.07) is 4.42. The van der Waals surface area contributed by atoms with Gasteiger partial charge in [0.25, 0.3) is 0 Å². The number of nitrogens with one attached hydrogen (secondary N) is 1. The second-order valence-electron chi connectivity index (χ2n) is 4.67. The van der Waals surface area contributed by atoms with Crippen molar-refractivity contribution in [2.75, 3.05) is 6.54 Å². The first kappa shape index (κ1) is 13.8. The maximum Gasteiger partial charge on any atom is 0.121 e. The van der Waals surface area contributed by atoms with Gasteiger partial charge in [-0.2, -0.15) is 0 Å². The zero-order valence-electron chi connectivity index (χ0n) is 11.5. The maximum absolute atomic E-state index is 9.73. The standard InChI is InChI=1S/C15H23NO/c1-6-16-13(5)10(2)7-14-8-11(3)15(17)12(4)9-14/h7-9,13,16-17H,6H2,1-5H3/b10-7+. The fraction of sp³-hybridized carbons (Fsp3) is 0.467. The molecule has 2 nitrogen and oxygen atoms in total. The largest absolute Gasteiger partial charge is 0.507 e. The molecule has 0 aliphatic heterocycles. The van der Waals surface area contributed by atoms with E-state index in [0.29, 0.717) is 11.8 Å². The van der Waals surface area contributed by atoms with Crippen LogP contribution in [-0.2, 0) is 0 Å². The smallest absolute Gasteiger partial charge is 0.121 e. The lowest BCUT2D eigenvalue weighted by Crippen LogP contribution is -2.26. The molecule has 0 aromatic heterocycles. The van der Waals surface area contributed by atoms with Crippen LogP contribution in [0.3, 0.4) is 0 Å². The predicted octanol–water partition coefficient (Wildman–Crippen LogP) is 3.41. The van der Waals surface area contributed by atoms with Crippen molar-refractivity contribution in [2.24, 2.45) is 0 Å². The number of hydrogen-bond donors (Lipinski definition) is 2. The Morgan fingerprint density at radius 2 is 1.88 bits per heavy atom. The van der Waals surface area contributed by atoms with Crippen molar-refractivity contribution in [3.8, 4) is 5.75 Å². The number of likely N-dealkylation sites (N-methyl/N-ethyl adjacent to an activating group) is 1. The monoisotopic (exact) mass is 233 g/mol. The van der Waals surface area contributed by atoms with E-state index >= 15 is 0 Å². The molecule has 1 atom stereocenters. The summed E-state index contributed by atoms with van der Waals surface area (Å²) in [5, 5.41) is 13.1. The molecule has 1 aromatic carbocycles. The summed E-state index contributed by atoms with van der Waals surface area (Å²) in [4.78, 5) is 0. The lowest BCUT2D eigenvalue weighted by molar-refractivity contribution is 0.467. The topological polar surface area (TPSA) is 32.3 Å². The van der Waals surface area contributed by atoms with Gasteiger partial charge in [0.1, 0.15) is 5.75 Å². The molecule has 0 fully saturated rings. The average molecular weight is 233 g/mol. The van der Waals surface area contributed by atoms with Gasteiger partial charge in [-0.1, -0.05) is 18.6 Å². The van der Waals surface area contributed by atoms with Crippen molar-refractivity contribution in [1.29, 1.82) is 0 Å². The summed E-state index contributed by atoms with van der Waals surface area (Å²) >= 11 is 0. The van der Waals surface area contributed by atoms with Crippen molar-refractivity contribution in [2.45, 2.75) is 40.7 Å². The Morgan fingerprint density at radius 3 is 2.35 bits per heavy atom. The molecule has 0 aliphatic carbocycles. The van der Waals surface area contributed by atoms with Crippen molar-refractivity contribution >= 4 is 6.08 Å². The van der Waals surface area contributed by atoms with E-state index in [9.17, 15) is 5.11 Å². The molecule has 1 rings (SSSR count). The van der Waals surface area contributed by atoms with Crippen LogP contribution in [0.5, 0.6) is 5.75 Å². The fourth-order valence-corrected chi connectivity index (χ4v) is 1.93. The molecule has 1 unspecified atom stereocenters. The molecule has 94 valence electrons. The van der Waals surface area contributed by atoms with Crippen LogP contribution in [0, 0.1) is 13.8 Å². The van der Waals surface area contributed by atoms with Gasteiger partial charge in [0, 0.05) is 6.04 Å². The zero-order chi connectivity index (χ0) is 13.0. The molecule has 0 amide bonds. The highest BCUT2D eigenvalue weighted by atomic mass is 16.3. The van der Waals surface area contributed by atoms with E-state index in [4.69, 9.17) is 0 Å². The van der Waals surface area contributed by atoms with Gasteiger partial charge in [0.2, 0.25) is 0 Å². The molecule has 0 spiro atoms. The quantitative estimate of drug-likeness (QED) is 0.835. The van der Waals surface area contributed by atoms with E-state index in [1.807, 2.05) is 26.0 Å². The summed E-state index contributed by atoms with van der Waals surface area (Å²) in [6.07, 6.45) is 2.17. The lowest BCUT2D eigenvalue weighted by atomic mass is 10.0. The van der Waals surface area contributed by atoms with Crippen LogP contribution in [0.1, 0.15) is 37.5 Å². The molecule has 1 aromatic rings. The van der Waals surface area contributed by atoms with Gasteiger partial charge in [-0.3, -0.25) is 0 Å². The van der Waals surface area contributed by atoms with E-state index in [-0.39, 0.29) is 0 Å². The Bertz CT molecular complexity index is 398.